The Morgan fingerprint density at radius 3 is 2.09 bits per heavy atom. The molecule has 5 nitrogen and oxygen atoms in total. The first kappa shape index (κ1) is 18.1. The van der Waals surface area contributed by atoms with E-state index in [2.05, 4.69) is 5.32 Å². The molecule has 0 spiro atoms. The van der Waals surface area contributed by atoms with Crippen molar-refractivity contribution >= 4 is 5.91 Å². The van der Waals surface area contributed by atoms with Crippen LogP contribution in [0.4, 0.5) is 0 Å². The van der Waals surface area contributed by atoms with Crippen molar-refractivity contribution in [2.75, 3.05) is 20.8 Å². The number of methoxy groups -OCH3 is 2. The van der Waals surface area contributed by atoms with Gasteiger partial charge in [-0.3, -0.25) is 4.79 Å². The summed E-state index contributed by atoms with van der Waals surface area (Å²) in [5.41, 5.74) is 0.873. The zero-order valence-electron chi connectivity index (χ0n) is 14.4. The highest BCUT2D eigenvalue weighted by atomic mass is 16.5. The fraction of sp³-hybridized carbons (Fsp3) is 0.588. The topological polar surface area (TPSA) is 56.8 Å². The van der Waals surface area contributed by atoms with Crippen LogP contribution in [0.2, 0.25) is 0 Å². The molecule has 0 aliphatic rings. The van der Waals surface area contributed by atoms with Gasteiger partial charge in [0, 0.05) is 13.0 Å². The van der Waals surface area contributed by atoms with Crippen LogP contribution in [-0.4, -0.2) is 26.7 Å². The van der Waals surface area contributed by atoms with E-state index >= 15 is 0 Å². The molecule has 0 heterocycles. The van der Waals surface area contributed by atoms with Gasteiger partial charge in [-0.1, -0.05) is 20.8 Å². The fourth-order valence-corrected chi connectivity index (χ4v) is 2.07. The molecular formula is C17H27NO4. The lowest BCUT2D eigenvalue weighted by Crippen LogP contribution is -2.27. The molecule has 0 aliphatic heterocycles. The average Bonchev–Trinajstić information content (AvgIpc) is 2.44. The van der Waals surface area contributed by atoms with Gasteiger partial charge >= 0.3 is 0 Å². The van der Waals surface area contributed by atoms with Crippen LogP contribution < -0.4 is 19.5 Å². The smallest absolute Gasteiger partial charge is 0.220 e. The lowest BCUT2D eigenvalue weighted by atomic mass is 9.92. The predicted molar refractivity (Wildman–Crippen MR) is 86.6 cm³/mol. The van der Waals surface area contributed by atoms with Gasteiger partial charge in [0.2, 0.25) is 11.7 Å². The van der Waals surface area contributed by atoms with Crippen molar-refractivity contribution in [2.24, 2.45) is 5.41 Å². The summed E-state index contributed by atoms with van der Waals surface area (Å²) in [6.45, 7) is 8.96. The third kappa shape index (κ3) is 5.47. The van der Waals surface area contributed by atoms with Crippen LogP contribution in [0.15, 0.2) is 12.1 Å². The van der Waals surface area contributed by atoms with E-state index in [9.17, 15) is 4.79 Å². The van der Waals surface area contributed by atoms with E-state index in [0.29, 0.717) is 36.8 Å². The summed E-state index contributed by atoms with van der Waals surface area (Å²) < 4.78 is 16.3. The van der Waals surface area contributed by atoms with Crippen LogP contribution in [0, 0.1) is 5.41 Å². The molecular weight excluding hydrogens is 282 g/mol. The molecule has 22 heavy (non-hydrogen) atoms. The maximum Gasteiger partial charge on any atom is 0.220 e. The number of ether oxygens (including phenoxy) is 3. The highest BCUT2D eigenvalue weighted by molar-refractivity contribution is 5.76. The molecule has 5 heteroatoms. The van der Waals surface area contributed by atoms with Crippen LogP contribution in [0.3, 0.4) is 0 Å². The summed E-state index contributed by atoms with van der Waals surface area (Å²) in [7, 11) is 3.17. The van der Waals surface area contributed by atoms with Crippen molar-refractivity contribution in [3.05, 3.63) is 17.7 Å². The third-order valence-corrected chi connectivity index (χ3v) is 2.99. The fourth-order valence-electron chi connectivity index (χ4n) is 2.07. The van der Waals surface area contributed by atoms with E-state index in [1.807, 2.05) is 39.8 Å². The van der Waals surface area contributed by atoms with Crippen molar-refractivity contribution in [1.29, 1.82) is 0 Å². The Labute approximate surface area is 132 Å². The molecule has 0 saturated carbocycles. The molecule has 0 saturated heterocycles. The second-order valence-electron chi connectivity index (χ2n) is 6.28. The van der Waals surface area contributed by atoms with Gasteiger partial charge in [0.25, 0.3) is 0 Å². The second-order valence-corrected chi connectivity index (χ2v) is 6.28. The normalized spacial score (nSPS) is 11.0. The van der Waals surface area contributed by atoms with Crippen LogP contribution >= 0.6 is 0 Å². The Kier molecular flexibility index (Phi) is 6.53. The summed E-state index contributed by atoms with van der Waals surface area (Å²) in [6, 6.07) is 3.70. The van der Waals surface area contributed by atoms with E-state index in [-0.39, 0.29) is 11.3 Å². The second kappa shape index (κ2) is 7.92. The van der Waals surface area contributed by atoms with E-state index in [1.165, 1.54) is 0 Å². The van der Waals surface area contributed by atoms with Gasteiger partial charge in [-0.25, -0.2) is 0 Å². The lowest BCUT2D eigenvalue weighted by Gasteiger charge is -2.18. The number of carbonyl (C=O) groups is 1. The Balaban J connectivity index is 2.85. The standard InChI is InChI=1S/C17H27NO4/c1-7-22-16-13(20-5)8-12(9-14(16)21-6)11-18-15(19)10-17(2,3)4/h8-9H,7,10-11H2,1-6H3,(H,18,19). The van der Waals surface area contributed by atoms with Gasteiger partial charge in [-0.15, -0.1) is 0 Å². The van der Waals surface area contributed by atoms with Crippen molar-refractivity contribution < 1.29 is 19.0 Å². The highest BCUT2D eigenvalue weighted by Gasteiger charge is 2.17. The largest absolute Gasteiger partial charge is 0.493 e. The van der Waals surface area contributed by atoms with Gasteiger partial charge in [-0.2, -0.15) is 0 Å². The van der Waals surface area contributed by atoms with E-state index < -0.39 is 0 Å². The molecule has 1 N–H and O–H groups in total. The molecule has 0 bridgehead atoms. The molecule has 1 aromatic carbocycles. The van der Waals surface area contributed by atoms with E-state index in [1.54, 1.807) is 14.2 Å². The first-order chi connectivity index (χ1) is 10.3. The van der Waals surface area contributed by atoms with Crippen molar-refractivity contribution in [3.63, 3.8) is 0 Å². The third-order valence-electron chi connectivity index (χ3n) is 2.99. The minimum absolute atomic E-state index is 0.0271. The zero-order chi connectivity index (χ0) is 16.8. The van der Waals surface area contributed by atoms with Gasteiger partial charge in [0.05, 0.1) is 20.8 Å². The first-order valence-electron chi connectivity index (χ1n) is 7.45. The Hall–Kier alpha value is -1.91. The molecule has 1 rings (SSSR count). The minimum Gasteiger partial charge on any atom is -0.493 e. The summed E-state index contributed by atoms with van der Waals surface area (Å²) in [5.74, 6) is 1.80. The molecule has 0 fully saturated rings. The maximum absolute atomic E-state index is 11.9. The number of hydrogen-bond donors (Lipinski definition) is 1. The van der Waals surface area contributed by atoms with Crippen LogP contribution in [0.1, 0.15) is 39.7 Å². The maximum atomic E-state index is 11.9. The van der Waals surface area contributed by atoms with Gasteiger partial charge < -0.3 is 19.5 Å². The van der Waals surface area contributed by atoms with Crippen molar-refractivity contribution in [2.45, 2.75) is 40.7 Å². The van der Waals surface area contributed by atoms with Gasteiger partial charge in [-0.05, 0) is 30.0 Å². The number of nitrogens with one attached hydrogen (secondary N) is 1. The summed E-state index contributed by atoms with van der Waals surface area (Å²) in [6.07, 6.45) is 0.484. The quantitative estimate of drug-likeness (QED) is 0.840. The van der Waals surface area contributed by atoms with E-state index in [0.717, 1.165) is 5.56 Å². The predicted octanol–water partition coefficient (Wildman–Crippen LogP) is 3.15. The van der Waals surface area contributed by atoms with Gasteiger partial charge in [0.15, 0.2) is 11.5 Å². The molecule has 0 aromatic heterocycles. The monoisotopic (exact) mass is 309 g/mol. The summed E-state index contributed by atoms with van der Waals surface area (Å²) in [4.78, 5) is 11.9. The SMILES string of the molecule is CCOc1c(OC)cc(CNC(=O)CC(C)(C)C)cc1OC. The van der Waals surface area contributed by atoms with Crippen LogP contribution in [0.25, 0.3) is 0 Å². The number of amides is 1. The van der Waals surface area contributed by atoms with E-state index in [4.69, 9.17) is 14.2 Å². The Morgan fingerprint density at radius 1 is 1.14 bits per heavy atom. The highest BCUT2D eigenvalue weighted by Crippen LogP contribution is 2.38. The molecule has 0 aliphatic carbocycles. The minimum atomic E-state index is -0.0295. The molecule has 0 atom stereocenters. The number of benzene rings is 1. The number of carbonyl (C=O) groups excluding carboxylic acids is 1. The molecule has 0 radical (unpaired) electrons. The average molecular weight is 309 g/mol. The molecule has 1 amide bonds. The number of rotatable bonds is 7. The summed E-state index contributed by atoms with van der Waals surface area (Å²) in [5, 5.41) is 2.92. The molecule has 0 unspecified atom stereocenters. The lowest BCUT2D eigenvalue weighted by molar-refractivity contribution is -0.122. The van der Waals surface area contributed by atoms with Crippen LogP contribution in [0.5, 0.6) is 17.2 Å². The molecule has 1 aromatic rings. The Morgan fingerprint density at radius 2 is 1.68 bits per heavy atom. The van der Waals surface area contributed by atoms with Crippen LogP contribution in [-0.2, 0) is 11.3 Å². The Bertz CT molecular complexity index is 481. The van der Waals surface area contributed by atoms with Gasteiger partial charge in [0.1, 0.15) is 0 Å². The first-order valence-corrected chi connectivity index (χ1v) is 7.45. The molecule has 124 valence electrons. The number of hydrogen-bond acceptors (Lipinski definition) is 4. The van der Waals surface area contributed by atoms with Crippen molar-refractivity contribution in [1.82, 2.24) is 5.32 Å². The van der Waals surface area contributed by atoms with Crippen molar-refractivity contribution in [3.8, 4) is 17.2 Å². The summed E-state index contributed by atoms with van der Waals surface area (Å²) >= 11 is 0. The zero-order valence-corrected chi connectivity index (χ0v) is 14.4.